The lowest BCUT2D eigenvalue weighted by atomic mass is 10.1. The molecule has 40 heavy (non-hydrogen) atoms. The molecule has 6 nitrogen and oxygen atoms in total. The Bertz CT molecular complexity index is 634. The number of carbonyl (C=O) groups excluding carboxylic acids is 2. The summed E-state index contributed by atoms with van der Waals surface area (Å²) in [6.07, 6.45) is 30.1. The standard InChI is InChI=1S/C34H62O6/c1-3-5-7-8-9-10-11-15-18-22-26-33(36)38-29-30(28-35)39-34(37)27-23-19-16-13-12-14-17-21-25-32-31(40-32)24-20-6-4-2/h17,21,30-32,35H,3-16,18-20,22-29H2,1-2H3/b21-17-/t30-,31?,32?/m0/s1. The molecule has 1 rings (SSSR count). The summed E-state index contributed by atoms with van der Waals surface area (Å²) in [6, 6.07) is 0. The first-order chi connectivity index (χ1) is 19.6. The van der Waals surface area contributed by atoms with Crippen molar-refractivity contribution in [2.24, 2.45) is 0 Å². The molecule has 3 atom stereocenters. The summed E-state index contributed by atoms with van der Waals surface area (Å²) >= 11 is 0. The quantitative estimate of drug-likeness (QED) is 0.0421. The van der Waals surface area contributed by atoms with Crippen LogP contribution < -0.4 is 0 Å². The fourth-order valence-corrected chi connectivity index (χ4v) is 5.03. The summed E-state index contributed by atoms with van der Waals surface area (Å²) in [5, 5.41) is 9.49. The molecule has 1 heterocycles. The lowest BCUT2D eigenvalue weighted by Crippen LogP contribution is -2.28. The summed E-state index contributed by atoms with van der Waals surface area (Å²) in [7, 11) is 0. The molecule has 1 fully saturated rings. The first-order valence-electron chi connectivity index (χ1n) is 16.9. The summed E-state index contributed by atoms with van der Waals surface area (Å²) in [6.45, 7) is 4.06. The van der Waals surface area contributed by atoms with E-state index in [1.807, 2.05) is 0 Å². The minimum absolute atomic E-state index is 0.0707. The Balaban J connectivity index is 1.91. The van der Waals surface area contributed by atoms with Gasteiger partial charge in [0, 0.05) is 12.8 Å². The zero-order valence-electron chi connectivity index (χ0n) is 26.1. The molecular formula is C34H62O6. The van der Waals surface area contributed by atoms with E-state index in [1.165, 1.54) is 77.0 Å². The molecule has 0 aromatic carbocycles. The van der Waals surface area contributed by atoms with Gasteiger partial charge in [-0.3, -0.25) is 9.59 Å². The van der Waals surface area contributed by atoms with Gasteiger partial charge in [0.2, 0.25) is 0 Å². The van der Waals surface area contributed by atoms with Gasteiger partial charge < -0.3 is 19.3 Å². The number of aliphatic hydroxyl groups excluding tert-OH is 1. The zero-order chi connectivity index (χ0) is 29.1. The van der Waals surface area contributed by atoms with Gasteiger partial charge >= 0.3 is 11.9 Å². The van der Waals surface area contributed by atoms with Crippen LogP contribution in [0.15, 0.2) is 12.2 Å². The zero-order valence-corrected chi connectivity index (χ0v) is 26.1. The van der Waals surface area contributed by atoms with E-state index in [1.54, 1.807) is 0 Å². The average molecular weight is 567 g/mol. The van der Waals surface area contributed by atoms with E-state index in [4.69, 9.17) is 14.2 Å². The van der Waals surface area contributed by atoms with Gasteiger partial charge in [0.1, 0.15) is 6.61 Å². The third-order valence-corrected chi connectivity index (χ3v) is 7.73. The number of aliphatic hydroxyl groups is 1. The van der Waals surface area contributed by atoms with E-state index in [9.17, 15) is 14.7 Å². The second kappa shape index (κ2) is 26.5. The van der Waals surface area contributed by atoms with Gasteiger partial charge in [-0.2, -0.15) is 0 Å². The molecule has 234 valence electrons. The highest BCUT2D eigenvalue weighted by Gasteiger charge is 2.36. The van der Waals surface area contributed by atoms with Crippen molar-refractivity contribution in [3.05, 3.63) is 12.2 Å². The van der Waals surface area contributed by atoms with Crippen molar-refractivity contribution in [2.45, 2.75) is 180 Å². The molecule has 0 saturated carbocycles. The highest BCUT2D eigenvalue weighted by Crippen LogP contribution is 2.30. The largest absolute Gasteiger partial charge is 0.462 e. The number of unbranched alkanes of at least 4 members (excludes halogenated alkanes) is 16. The predicted molar refractivity (Wildman–Crippen MR) is 163 cm³/mol. The maximum atomic E-state index is 12.1. The van der Waals surface area contributed by atoms with Crippen molar-refractivity contribution in [3.63, 3.8) is 0 Å². The molecule has 0 radical (unpaired) electrons. The molecule has 0 aromatic heterocycles. The predicted octanol–water partition coefficient (Wildman–Crippen LogP) is 8.77. The van der Waals surface area contributed by atoms with Gasteiger partial charge in [0.25, 0.3) is 0 Å². The number of epoxide rings is 1. The van der Waals surface area contributed by atoms with Gasteiger partial charge in [-0.25, -0.2) is 0 Å². The van der Waals surface area contributed by atoms with Crippen molar-refractivity contribution < 1.29 is 28.9 Å². The van der Waals surface area contributed by atoms with Gasteiger partial charge in [-0.05, 0) is 38.5 Å². The Labute approximate surface area is 246 Å². The van der Waals surface area contributed by atoms with Crippen molar-refractivity contribution in [3.8, 4) is 0 Å². The highest BCUT2D eigenvalue weighted by atomic mass is 16.6. The Kier molecular flexibility index (Phi) is 24.3. The SMILES string of the molecule is CCCCCCCCCCCCC(=O)OC[C@H](CO)OC(=O)CCCCCCC/C=C\CC1OC1CCCCC. The Morgan fingerprint density at radius 1 is 0.700 bits per heavy atom. The molecule has 0 aliphatic carbocycles. The fourth-order valence-electron chi connectivity index (χ4n) is 5.03. The molecule has 1 N–H and O–H groups in total. The van der Waals surface area contributed by atoms with Crippen molar-refractivity contribution in [2.75, 3.05) is 13.2 Å². The fraction of sp³-hybridized carbons (Fsp3) is 0.882. The maximum Gasteiger partial charge on any atom is 0.306 e. The summed E-state index contributed by atoms with van der Waals surface area (Å²) in [4.78, 5) is 24.1. The van der Waals surface area contributed by atoms with E-state index >= 15 is 0 Å². The smallest absolute Gasteiger partial charge is 0.306 e. The topological polar surface area (TPSA) is 85.4 Å². The van der Waals surface area contributed by atoms with E-state index < -0.39 is 6.10 Å². The summed E-state index contributed by atoms with van der Waals surface area (Å²) < 4.78 is 16.3. The molecule has 6 heteroatoms. The van der Waals surface area contributed by atoms with Gasteiger partial charge in [0.05, 0.1) is 18.8 Å². The van der Waals surface area contributed by atoms with E-state index in [2.05, 4.69) is 26.0 Å². The second-order valence-corrected chi connectivity index (χ2v) is 11.6. The number of allylic oxidation sites excluding steroid dienone is 1. The molecular weight excluding hydrogens is 504 g/mol. The Morgan fingerprint density at radius 2 is 1.25 bits per heavy atom. The monoisotopic (exact) mass is 566 g/mol. The summed E-state index contributed by atoms with van der Waals surface area (Å²) in [5.74, 6) is -0.612. The van der Waals surface area contributed by atoms with Gasteiger partial charge in [-0.15, -0.1) is 0 Å². The normalized spacial score (nSPS) is 17.3. The molecule has 1 saturated heterocycles. The van der Waals surface area contributed by atoms with Crippen molar-refractivity contribution in [1.29, 1.82) is 0 Å². The number of hydrogen-bond donors (Lipinski definition) is 1. The number of carbonyl (C=O) groups is 2. The number of esters is 2. The molecule has 0 spiro atoms. The molecule has 0 bridgehead atoms. The number of rotatable bonds is 29. The lowest BCUT2D eigenvalue weighted by molar-refractivity contribution is -0.161. The molecule has 0 amide bonds. The van der Waals surface area contributed by atoms with Crippen LogP contribution in [0.4, 0.5) is 0 Å². The van der Waals surface area contributed by atoms with Crippen LogP contribution in [0.25, 0.3) is 0 Å². The molecule has 2 unspecified atom stereocenters. The number of hydrogen-bond acceptors (Lipinski definition) is 6. The minimum atomic E-state index is -0.774. The highest BCUT2D eigenvalue weighted by molar-refractivity contribution is 5.70. The van der Waals surface area contributed by atoms with E-state index in [-0.39, 0.29) is 25.2 Å². The second-order valence-electron chi connectivity index (χ2n) is 11.6. The van der Waals surface area contributed by atoms with Crippen LogP contribution >= 0.6 is 0 Å². The van der Waals surface area contributed by atoms with E-state index in [0.29, 0.717) is 25.0 Å². The van der Waals surface area contributed by atoms with Crippen LogP contribution in [0.2, 0.25) is 0 Å². The Morgan fingerprint density at radius 3 is 1.88 bits per heavy atom. The van der Waals surface area contributed by atoms with Crippen LogP contribution in [0, 0.1) is 0 Å². The van der Waals surface area contributed by atoms with Crippen LogP contribution in [0.1, 0.15) is 162 Å². The molecule has 1 aliphatic rings. The first-order valence-corrected chi connectivity index (χ1v) is 16.9. The first kappa shape index (κ1) is 36.6. The van der Waals surface area contributed by atoms with Crippen molar-refractivity contribution >= 4 is 11.9 Å². The van der Waals surface area contributed by atoms with Crippen LogP contribution in [-0.2, 0) is 23.8 Å². The van der Waals surface area contributed by atoms with Gasteiger partial charge in [-0.1, -0.05) is 122 Å². The van der Waals surface area contributed by atoms with Crippen LogP contribution in [-0.4, -0.2) is 48.6 Å². The van der Waals surface area contributed by atoms with Crippen molar-refractivity contribution in [1.82, 2.24) is 0 Å². The lowest BCUT2D eigenvalue weighted by Gasteiger charge is -2.15. The Hall–Kier alpha value is -1.40. The van der Waals surface area contributed by atoms with Crippen LogP contribution in [0.5, 0.6) is 0 Å². The molecule has 1 aliphatic heterocycles. The minimum Gasteiger partial charge on any atom is -0.462 e. The molecule has 0 aromatic rings. The third kappa shape index (κ3) is 22.3. The van der Waals surface area contributed by atoms with Crippen LogP contribution in [0.3, 0.4) is 0 Å². The average Bonchev–Trinajstić information content (AvgIpc) is 3.71. The third-order valence-electron chi connectivity index (χ3n) is 7.73. The maximum absolute atomic E-state index is 12.1. The summed E-state index contributed by atoms with van der Waals surface area (Å²) in [5.41, 5.74) is 0. The van der Waals surface area contributed by atoms with Gasteiger partial charge in [0.15, 0.2) is 6.10 Å². The number of ether oxygens (including phenoxy) is 3. The van der Waals surface area contributed by atoms with E-state index in [0.717, 1.165) is 57.8 Å².